The van der Waals surface area contributed by atoms with Crippen molar-refractivity contribution >= 4 is 23.2 Å². The summed E-state index contributed by atoms with van der Waals surface area (Å²) in [7, 11) is 1.71. The van der Waals surface area contributed by atoms with Crippen LogP contribution in [0.1, 0.15) is 5.56 Å². The summed E-state index contributed by atoms with van der Waals surface area (Å²) in [5.74, 6) is 0. The van der Waals surface area contributed by atoms with Crippen LogP contribution >= 0.6 is 23.2 Å². The van der Waals surface area contributed by atoms with Crippen LogP contribution in [0, 0.1) is 11.5 Å². The molecule has 1 aromatic rings. The second-order valence-corrected chi connectivity index (χ2v) is 3.52. The van der Waals surface area contributed by atoms with E-state index in [2.05, 4.69) is 0 Å². The Bertz CT molecular complexity index is 344. The van der Waals surface area contributed by atoms with Crippen molar-refractivity contribution in [2.24, 2.45) is 0 Å². The zero-order valence-electron chi connectivity index (χ0n) is 7.09. The Morgan fingerprint density at radius 3 is 2.62 bits per heavy atom. The first kappa shape index (κ1) is 10.2. The lowest BCUT2D eigenvalue weighted by molar-refractivity contribution is 0.469. The van der Waals surface area contributed by atoms with Gasteiger partial charge in [0.15, 0.2) is 6.19 Å². The first-order valence-corrected chi connectivity index (χ1v) is 4.44. The highest BCUT2D eigenvalue weighted by Gasteiger charge is 2.01. The molecule has 0 fully saturated rings. The Hall–Kier alpha value is -0.910. The third-order valence-electron chi connectivity index (χ3n) is 1.57. The summed E-state index contributed by atoms with van der Waals surface area (Å²) in [5.41, 5.74) is 0.971. The molecule has 0 unspecified atom stereocenters. The minimum atomic E-state index is 0.519. The highest BCUT2D eigenvalue weighted by Crippen LogP contribution is 2.22. The van der Waals surface area contributed by atoms with Gasteiger partial charge >= 0.3 is 0 Å². The lowest BCUT2D eigenvalue weighted by atomic mass is 10.2. The van der Waals surface area contributed by atoms with Crippen molar-refractivity contribution in [3.63, 3.8) is 0 Å². The molecular weight excluding hydrogens is 207 g/mol. The molecule has 0 saturated heterocycles. The third-order valence-corrected chi connectivity index (χ3v) is 2.31. The molecule has 0 aliphatic rings. The molecule has 0 spiro atoms. The highest BCUT2D eigenvalue weighted by molar-refractivity contribution is 6.42. The summed E-state index contributed by atoms with van der Waals surface area (Å²) in [6.07, 6.45) is 2.00. The molecule has 1 rings (SSSR count). The van der Waals surface area contributed by atoms with E-state index in [0.29, 0.717) is 16.6 Å². The van der Waals surface area contributed by atoms with Gasteiger partial charge in [0.05, 0.1) is 16.6 Å². The predicted molar refractivity (Wildman–Crippen MR) is 53.5 cm³/mol. The first-order valence-electron chi connectivity index (χ1n) is 3.68. The Kier molecular flexibility index (Phi) is 3.41. The van der Waals surface area contributed by atoms with Crippen LogP contribution in [0.25, 0.3) is 0 Å². The number of nitriles is 1. The van der Waals surface area contributed by atoms with Gasteiger partial charge in [-0.2, -0.15) is 5.26 Å². The Morgan fingerprint density at radius 2 is 2.08 bits per heavy atom. The van der Waals surface area contributed by atoms with Crippen molar-refractivity contribution < 1.29 is 0 Å². The summed E-state index contributed by atoms with van der Waals surface area (Å²) in [4.78, 5) is 1.51. The van der Waals surface area contributed by atoms with Crippen LogP contribution in [0.3, 0.4) is 0 Å². The summed E-state index contributed by atoms with van der Waals surface area (Å²) in [5, 5.41) is 9.59. The van der Waals surface area contributed by atoms with Gasteiger partial charge in [-0.3, -0.25) is 0 Å². The van der Waals surface area contributed by atoms with Gasteiger partial charge in [0.1, 0.15) is 0 Å². The summed E-state index contributed by atoms with van der Waals surface area (Å²) in [6, 6.07) is 5.34. The number of rotatable bonds is 2. The SMILES string of the molecule is CN(C#N)Cc1ccc(Cl)c(Cl)c1. The number of hydrogen-bond acceptors (Lipinski definition) is 2. The Morgan fingerprint density at radius 1 is 1.38 bits per heavy atom. The van der Waals surface area contributed by atoms with Crippen LogP contribution in [0.4, 0.5) is 0 Å². The molecule has 1 aromatic carbocycles. The van der Waals surface area contributed by atoms with Crippen molar-refractivity contribution in [1.29, 1.82) is 5.26 Å². The van der Waals surface area contributed by atoms with E-state index in [1.54, 1.807) is 19.2 Å². The maximum absolute atomic E-state index is 8.54. The highest BCUT2D eigenvalue weighted by atomic mass is 35.5. The van der Waals surface area contributed by atoms with Crippen LogP contribution in [0.2, 0.25) is 10.0 Å². The standard InChI is InChI=1S/C9H8Cl2N2/c1-13(6-12)5-7-2-3-8(10)9(11)4-7/h2-4H,5H2,1H3. The smallest absolute Gasteiger partial charge is 0.179 e. The van der Waals surface area contributed by atoms with E-state index < -0.39 is 0 Å². The van der Waals surface area contributed by atoms with Gasteiger partial charge in [-0.1, -0.05) is 29.3 Å². The van der Waals surface area contributed by atoms with E-state index >= 15 is 0 Å². The Balaban J connectivity index is 2.81. The maximum Gasteiger partial charge on any atom is 0.179 e. The lowest BCUT2D eigenvalue weighted by Gasteiger charge is -2.08. The molecule has 0 aliphatic carbocycles. The van der Waals surface area contributed by atoms with Gasteiger partial charge < -0.3 is 4.90 Å². The van der Waals surface area contributed by atoms with Crippen LogP contribution < -0.4 is 0 Å². The maximum atomic E-state index is 8.54. The van der Waals surface area contributed by atoms with Crippen molar-refractivity contribution in [2.45, 2.75) is 6.54 Å². The lowest BCUT2D eigenvalue weighted by Crippen LogP contribution is -2.09. The molecule has 0 bridgehead atoms. The van der Waals surface area contributed by atoms with Gasteiger partial charge in [-0.05, 0) is 17.7 Å². The summed E-state index contributed by atoms with van der Waals surface area (Å²) < 4.78 is 0. The minimum absolute atomic E-state index is 0.519. The van der Waals surface area contributed by atoms with E-state index in [1.807, 2.05) is 12.3 Å². The van der Waals surface area contributed by atoms with E-state index in [0.717, 1.165) is 5.56 Å². The minimum Gasteiger partial charge on any atom is -0.309 e. The second kappa shape index (κ2) is 4.36. The van der Waals surface area contributed by atoms with Gasteiger partial charge in [0, 0.05) is 7.05 Å². The molecule has 0 heterocycles. The largest absolute Gasteiger partial charge is 0.309 e. The van der Waals surface area contributed by atoms with Crippen LogP contribution in [-0.2, 0) is 6.54 Å². The molecule has 68 valence electrons. The van der Waals surface area contributed by atoms with E-state index in [9.17, 15) is 0 Å². The van der Waals surface area contributed by atoms with Crippen LogP contribution in [0.15, 0.2) is 18.2 Å². The fourth-order valence-electron chi connectivity index (χ4n) is 0.947. The number of halogens is 2. The van der Waals surface area contributed by atoms with Crippen LogP contribution in [0.5, 0.6) is 0 Å². The molecule has 0 amide bonds. The molecule has 0 aliphatic heterocycles. The van der Waals surface area contributed by atoms with Crippen molar-refractivity contribution in [2.75, 3.05) is 7.05 Å². The number of benzene rings is 1. The average molecular weight is 215 g/mol. The molecule has 4 heteroatoms. The van der Waals surface area contributed by atoms with Gasteiger partial charge in [-0.25, -0.2) is 0 Å². The van der Waals surface area contributed by atoms with E-state index in [1.165, 1.54) is 4.90 Å². The van der Waals surface area contributed by atoms with Crippen molar-refractivity contribution in [3.05, 3.63) is 33.8 Å². The molecule has 0 aromatic heterocycles. The van der Waals surface area contributed by atoms with Gasteiger partial charge in [-0.15, -0.1) is 0 Å². The molecule has 0 N–H and O–H groups in total. The monoisotopic (exact) mass is 214 g/mol. The molecule has 0 radical (unpaired) electrons. The number of hydrogen-bond donors (Lipinski definition) is 0. The third kappa shape index (κ3) is 2.80. The molecule has 0 atom stereocenters. The summed E-state index contributed by atoms with van der Waals surface area (Å²) >= 11 is 11.5. The quantitative estimate of drug-likeness (QED) is 0.560. The van der Waals surface area contributed by atoms with Crippen LogP contribution in [-0.4, -0.2) is 11.9 Å². The fourth-order valence-corrected chi connectivity index (χ4v) is 1.27. The normalized spacial score (nSPS) is 9.38. The molecule has 13 heavy (non-hydrogen) atoms. The van der Waals surface area contributed by atoms with Crippen molar-refractivity contribution in [1.82, 2.24) is 4.90 Å². The average Bonchev–Trinajstić information content (AvgIpc) is 2.11. The van der Waals surface area contributed by atoms with Gasteiger partial charge in [0.2, 0.25) is 0 Å². The predicted octanol–water partition coefficient (Wildman–Crippen LogP) is 2.91. The first-order chi connectivity index (χ1) is 6.13. The van der Waals surface area contributed by atoms with E-state index in [-0.39, 0.29) is 0 Å². The zero-order valence-corrected chi connectivity index (χ0v) is 8.60. The van der Waals surface area contributed by atoms with Gasteiger partial charge in [0.25, 0.3) is 0 Å². The Labute approximate surface area is 87.3 Å². The summed E-state index contributed by atoms with van der Waals surface area (Å²) in [6.45, 7) is 0.549. The van der Waals surface area contributed by atoms with Crippen molar-refractivity contribution in [3.8, 4) is 6.19 Å². The second-order valence-electron chi connectivity index (χ2n) is 2.70. The molecular formula is C9H8Cl2N2. The molecule has 2 nitrogen and oxygen atoms in total. The topological polar surface area (TPSA) is 27.0 Å². The van der Waals surface area contributed by atoms with E-state index in [4.69, 9.17) is 28.5 Å². The molecule has 0 saturated carbocycles. The zero-order chi connectivity index (χ0) is 9.84. The fraction of sp³-hybridized carbons (Fsp3) is 0.222. The number of nitrogens with zero attached hydrogens (tertiary/aromatic N) is 2.